The van der Waals surface area contributed by atoms with Crippen molar-refractivity contribution in [3.8, 4) is 17.2 Å². The number of hydrogen-bond donors (Lipinski definition) is 1. The monoisotopic (exact) mass is 447 g/mol. The van der Waals surface area contributed by atoms with Crippen LogP contribution >= 0.6 is 0 Å². The van der Waals surface area contributed by atoms with E-state index in [1.165, 1.54) is 49.6 Å². The number of hydrogen-bond acceptors (Lipinski definition) is 6. The molecule has 0 unspecified atom stereocenters. The van der Waals surface area contributed by atoms with Crippen molar-refractivity contribution in [1.29, 1.82) is 0 Å². The molecule has 2 heterocycles. The molecule has 4 aromatic rings. The average Bonchev–Trinajstić information content (AvgIpc) is 3.34. The summed E-state index contributed by atoms with van der Waals surface area (Å²) < 4.78 is 41.2. The van der Waals surface area contributed by atoms with Crippen molar-refractivity contribution >= 4 is 32.9 Å². The van der Waals surface area contributed by atoms with E-state index in [0.717, 1.165) is 16.5 Å². The SMILES string of the molecule is COc1ccc(S(=O)(=O)Oc2ccc3c(c2)OC(=Cc2c[nH]c4ccccc24)C3=O)cc1. The van der Waals surface area contributed by atoms with Gasteiger partial charge in [0.2, 0.25) is 5.78 Å². The number of carbonyl (C=O) groups excluding carboxylic acids is 1. The molecule has 1 aromatic heterocycles. The van der Waals surface area contributed by atoms with Gasteiger partial charge in [-0.05, 0) is 48.5 Å². The van der Waals surface area contributed by atoms with E-state index in [9.17, 15) is 13.2 Å². The van der Waals surface area contributed by atoms with Gasteiger partial charge in [0.05, 0.1) is 12.7 Å². The average molecular weight is 447 g/mol. The van der Waals surface area contributed by atoms with Crippen LogP contribution in [0.3, 0.4) is 0 Å². The Morgan fingerprint density at radius 2 is 1.72 bits per heavy atom. The zero-order valence-corrected chi connectivity index (χ0v) is 17.7. The third kappa shape index (κ3) is 3.50. The normalized spacial score (nSPS) is 14.4. The van der Waals surface area contributed by atoms with Crippen molar-refractivity contribution in [2.45, 2.75) is 4.90 Å². The Morgan fingerprint density at radius 3 is 2.50 bits per heavy atom. The minimum absolute atomic E-state index is 0.0179. The molecule has 8 heteroatoms. The molecule has 7 nitrogen and oxygen atoms in total. The predicted octanol–water partition coefficient (Wildman–Crippen LogP) is 4.56. The summed E-state index contributed by atoms with van der Waals surface area (Å²) in [5, 5.41) is 0.960. The fourth-order valence-corrected chi connectivity index (χ4v) is 4.41. The van der Waals surface area contributed by atoms with E-state index < -0.39 is 10.1 Å². The lowest BCUT2D eigenvalue weighted by Crippen LogP contribution is -2.09. The summed E-state index contributed by atoms with van der Waals surface area (Å²) >= 11 is 0. The third-order valence-corrected chi connectivity index (χ3v) is 6.36. The number of H-pyrrole nitrogens is 1. The zero-order chi connectivity index (χ0) is 22.3. The Bertz CT molecular complexity index is 1480. The summed E-state index contributed by atoms with van der Waals surface area (Å²) in [6.45, 7) is 0. The fourth-order valence-electron chi connectivity index (χ4n) is 3.49. The van der Waals surface area contributed by atoms with E-state index in [-0.39, 0.29) is 27.9 Å². The molecule has 0 radical (unpaired) electrons. The number of Topliss-reactive ketones (excluding diaryl/α,β-unsaturated/α-hetero) is 1. The van der Waals surface area contributed by atoms with Gasteiger partial charge in [-0.25, -0.2) is 0 Å². The van der Waals surface area contributed by atoms with Crippen molar-refractivity contribution in [2.75, 3.05) is 7.11 Å². The largest absolute Gasteiger partial charge is 0.497 e. The van der Waals surface area contributed by atoms with Gasteiger partial charge in [-0.15, -0.1) is 0 Å². The second-order valence-corrected chi connectivity index (χ2v) is 8.65. The number of para-hydroxylation sites is 1. The van der Waals surface area contributed by atoms with E-state index in [1.807, 2.05) is 24.3 Å². The third-order valence-electron chi connectivity index (χ3n) is 5.10. The molecule has 0 bridgehead atoms. The summed E-state index contributed by atoms with van der Waals surface area (Å²) in [6, 6.07) is 17.9. The van der Waals surface area contributed by atoms with Gasteiger partial charge < -0.3 is 18.6 Å². The minimum Gasteiger partial charge on any atom is -0.497 e. The molecule has 3 aromatic carbocycles. The predicted molar refractivity (Wildman–Crippen MR) is 118 cm³/mol. The van der Waals surface area contributed by atoms with E-state index in [0.29, 0.717) is 11.3 Å². The molecule has 0 saturated heterocycles. The molecular weight excluding hydrogens is 430 g/mol. The first-order valence-corrected chi connectivity index (χ1v) is 11.1. The van der Waals surface area contributed by atoms with Gasteiger partial charge in [-0.1, -0.05) is 18.2 Å². The number of aromatic amines is 1. The Balaban J connectivity index is 1.41. The molecule has 0 saturated carbocycles. The maximum atomic E-state index is 12.8. The van der Waals surface area contributed by atoms with Gasteiger partial charge in [0.1, 0.15) is 22.1 Å². The van der Waals surface area contributed by atoms with Crippen LogP contribution in [0.5, 0.6) is 17.2 Å². The Labute approximate surface area is 184 Å². The molecule has 0 fully saturated rings. The molecule has 0 atom stereocenters. The zero-order valence-electron chi connectivity index (χ0n) is 16.9. The highest BCUT2D eigenvalue weighted by Gasteiger charge is 2.29. The summed E-state index contributed by atoms with van der Waals surface area (Å²) in [5.74, 6) is 0.682. The Morgan fingerprint density at radius 1 is 0.969 bits per heavy atom. The number of ketones is 1. The Kier molecular flexibility index (Phi) is 4.71. The number of allylic oxidation sites excluding steroid dienone is 1. The van der Waals surface area contributed by atoms with Gasteiger partial charge >= 0.3 is 10.1 Å². The second-order valence-electron chi connectivity index (χ2n) is 7.10. The highest BCUT2D eigenvalue weighted by molar-refractivity contribution is 7.87. The maximum Gasteiger partial charge on any atom is 0.339 e. The first-order chi connectivity index (χ1) is 15.4. The van der Waals surface area contributed by atoms with Crippen LogP contribution in [0.2, 0.25) is 0 Å². The van der Waals surface area contributed by atoms with Crippen LogP contribution in [0, 0.1) is 0 Å². The molecule has 160 valence electrons. The maximum absolute atomic E-state index is 12.8. The molecule has 1 aliphatic heterocycles. The van der Waals surface area contributed by atoms with Gasteiger partial charge in [-0.3, -0.25) is 4.79 Å². The lowest BCUT2D eigenvalue weighted by molar-refractivity contribution is 0.101. The number of aromatic nitrogens is 1. The number of rotatable bonds is 5. The molecule has 0 spiro atoms. The van der Waals surface area contributed by atoms with Crippen LogP contribution in [0.4, 0.5) is 0 Å². The van der Waals surface area contributed by atoms with Crippen LogP contribution < -0.4 is 13.7 Å². The summed E-state index contributed by atoms with van der Waals surface area (Å²) in [7, 11) is -2.57. The first-order valence-electron chi connectivity index (χ1n) is 9.67. The van der Waals surface area contributed by atoms with Gasteiger partial charge in [0, 0.05) is 28.7 Å². The van der Waals surface area contributed by atoms with Crippen LogP contribution in [-0.2, 0) is 10.1 Å². The number of methoxy groups -OCH3 is 1. The van der Waals surface area contributed by atoms with E-state index in [2.05, 4.69) is 4.98 Å². The van der Waals surface area contributed by atoms with Crippen LogP contribution in [-0.4, -0.2) is 26.3 Å². The standard InChI is InChI=1S/C24H17NO6S/c1-29-16-6-9-18(10-7-16)32(27,28)31-17-8-11-20-22(13-17)30-23(24(20)26)12-15-14-25-21-5-3-2-4-19(15)21/h2-14,25H,1H3. The van der Waals surface area contributed by atoms with E-state index in [1.54, 1.807) is 12.3 Å². The van der Waals surface area contributed by atoms with Crippen molar-refractivity contribution < 1.29 is 26.9 Å². The first kappa shape index (κ1) is 19.9. The molecule has 32 heavy (non-hydrogen) atoms. The molecule has 0 aliphatic carbocycles. The van der Waals surface area contributed by atoms with Crippen LogP contribution in [0.15, 0.2) is 83.6 Å². The number of nitrogens with one attached hydrogen (secondary N) is 1. The lowest BCUT2D eigenvalue weighted by Gasteiger charge is -2.08. The van der Waals surface area contributed by atoms with E-state index in [4.69, 9.17) is 13.7 Å². The number of carbonyl (C=O) groups is 1. The van der Waals surface area contributed by atoms with Crippen LogP contribution in [0.1, 0.15) is 15.9 Å². The highest BCUT2D eigenvalue weighted by Crippen LogP contribution is 2.36. The lowest BCUT2D eigenvalue weighted by atomic mass is 10.1. The second kappa shape index (κ2) is 7.58. The fraction of sp³-hybridized carbons (Fsp3) is 0.0417. The summed E-state index contributed by atoms with van der Waals surface area (Å²) in [4.78, 5) is 15.9. The summed E-state index contributed by atoms with van der Waals surface area (Å²) in [6.07, 6.45) is 3.46. The molecule has 1 N–H and O–H groups in total. The Hall–Kier alpha value is -4.04. The van der Waals surface area contributed by atoms with Crippen molar-refractivity contribution in [2.24, 2.45) is 0 Å². The molecule has 0 amide bonds. The van der Waals surface area contributed by atoms with Crippen LogP contribution in [0.25, 0.3) is 17.0 Å². The quantitative estimate of drug-likeness (QED) is 0.356. The minimum atomic E-state index is -4.06. The van der Waals surface area contributed by atoms with E-state index >= 15 is 0 Å². The van der Waals surface area contributed by atoms with Crippen molar-refractivity contribution in [3.63, 3.8) is 0 Å². The van der Waals surface area contributed by atoms with Gasteiger partial charge in [-0.2, -0.15) is 8.42 Å². The highest BCUT2D eigenvalue weighted by atomic mass is 32.2. The molecular formula is C24H17NO6S. The molecule has 5 rings (SSSR count). The summed E-state index contributed by atoms with van der Waals surface area (Å²) in [5.41, 5.74) is 2.10. The van der Waals surface area contributed by atoms with Crippen molar-refractivity contribution in [1.82, 2.24) is 4.98 Å². The number of fused-ring (bicyclic) bond motifs is 2. The number of ether oxygens (including phenoxy) is 2. The molecule has 1 aliphatic rings. The smallest absolute Gasteiger partial charge is 0.339 e. The van der Waals surface area contributed by atoms with Gasteiger partial charge in [0.25, 0.3) is 0 Å². The van der Waals surface area contributed by atoms with Gasteiger partial charge in [0.15, 0.2) is 5.76 Å². The van der Waals surface area contributed by atoms with Crippen molar-refractivity contribution in [3.05, 3.63) is 89.8 Å². The topological polar surface area (TPSA) is 94.7 Å². The number of benzene rings is 3.